The number of aliphatic hydroxyl groups is 2. The lowest BCUT2D eigenvalue weighted by Crippen LogP contribution is -2.59. The second-order valence-corrected chi connectivity index (χ2v) is 14.1. The summed E-state index contributed by atoms with van der Waals surface area (Å²) in [6, 6.07) is -2.39. The Hall–Kier alpha value is -2.97. The molecule has 1 saturated heterocycles. The van der Waals surface area contributed by atoms with Gasteiger partial charge in [-0.25, -0.2) is 13.2 Å². The lowest BCUT2D eigenvalue weighted by molar-refractivity contribution is -0.142. The Balaban J connectivity index is 1.80. The minimum atomic E-state index is -4.22. The predicted molar refractivity (Wildman–Crippen MR) is 153 cm³/mol. The molecule has 13 nitrogen and oxygen atoms in total. The van der Waals surface area contributed by atoms with Gasteiger partial charge in [-0.3, -0.25) is 19.1 Å². The molecule has 3 fully saturated rings. The summed E-state index contributed by atoms with van der Waals surface area (Å²) in [5.41, 5.74) is -1.63. The zero-order chi connectivity index (χ0) is 31.5. The number of hydrogen-bond acceptors (Lipinski definition) is 8. The van der Waals surface area contributed by atoms with Gasteiger partial charge in [0.1, 0.15) is 22.4 Å². The van der Waals surface area contributed by atoms with E-state index >= 15 is 0 Å². The minimum absolute atomic E-state index is 0.0721. The molecule has 0 aromatic rings. The standard InChI is InChI=1S/C28H44N4O9S/c1-5-8-9-17(4)12-18(6-2)22(29-26(38)39)24(36)32-15-20(34)13-21(32)23(35)30-28(14-19(28)7-3)25(37)31-42(40,41)27(16-33)10-11-27/h5,7,17-22,29,33-34H,1,3,6,8-16H2,2,4H3,(H,30,35)(H,31,37)(H,38,39)/t17?,18-,19-,20-,21+,22+,28-/m1/s1. The van der Waals surface area contributed by atoms with Crippen molar-refractivity contribution in [1.82, 2.24) is 20.3 Å². The van der Waals surface area contributed by atoms with Crippen molar-refractivity contribution in [3.8, 4) is 0 Å². The van der Waals surface area contributed by atoms with Crippen molar-refractivity contribution >= 4 is 33.8 Å². The third-order valence-electron chi connectivity index (χ3n) is 8.92. The maximum absolute atomic E-state index is 13.8. The molecule has 0 aromatic heterocycles. The second-order valence-electron chi connectivity index (χ2n) is 12.0. The number of hydrogen-bond donors (Lipinski definition) is 6. The van der Waals surface area contributed by atoms with Crippen LogP contribution in [0.1, 0.15) is 65.2 Å². The highest BCUT2D eigenvalue weighted by molar-refractivity contribution is 7.91. The van der Waals surface area contributed by atoms with Gasteiger partial charge in [-0.15, -0.1) is 13.2 Å². The van der Waals surface area contributed by atoms with Crippen LogP contribution in [-0.4, -0.2) is 94.1 Å². The molecule has 6 N–H and O–H groups in total. The molecule has 0 spiro atoms. The van der Waals surface area contributed by atoms with Crippen LogP contribution in [0.4, 0.5) is 4.79 Å². The van der Waals surface area contributed by atoms with Gasteiger partial charge in [0.2, 0.25) is 21.8 Å². The second kappa shape index (κ2) is 13.1. The molecule has 3 aliphatic rings. The van der Waals surface area contributed by atoms with E-state index in [0.717, 1.165) is 17.7 Å². The Bertz CT molecular complexity index is 1190. The largest absolute Gasteiger partial charge is 0.465 e. The molecular formula is C28H44N4O9S. The lowest BCUT2D eigenvalue weighted by Gasteiger charge is -2.33. The number of likely N-dealkylation sites (tertiary alicyclic amines) is 1. The van der Waals surface area contributed by atoms with E-state index in [9.17, 15) is 42.9 Å². The maximum Gasteiger partial charge on any atom is 0.405 e. The first kappa shape index (κ1) is 33.5. The monoisotopic (exact) mass is 612 g/mol. The lowest BCUT2D eigenvalue weighted by atomic mass is 9.85. The van der Waals surface area contributed by atoms with Gasteiger partial charge in [0, 0.05) is 18.9 Å². The van der Waals surface area contributed by atoms with Gasteiger partial charge in [-0.1, -0.05) is 32.4 Å². The number of carbonyl (C=O) groups excluding carboxylic acids is 3. The molecule has 14 heteroatoms. The van der Waals surface area contributed by atoms with Crippen LogP contribution in [0.2, 0.25) is 0 Å². The van der Waals surface area contributed by atoms with Crippen LogP contribution < -0.4 is 15.4 Å². The highest BCUT2D eigenvalue weighted by Crippen LogP contribution is 2.47. The van der Waals surface area contributed by atoms with Crippen molar-refractivity contribution in [2.45, 2.75) is 93.7 Å². The summed E-state index contributed by atoms with van der Waals surface area (Å²) in [6.45, 7) is 10.4. The van der Waals surface area contributed by atoms with Crippen LogP contribution in [0.3, 0.4) is 0 Å². The summed E-state index contributed by atoms with van der Waals surface area (Å²) in [6.07, 6.45) is 3.68. The van der Waals surface area contributed by atoms with Gasteiger partial charge in [-0.05, 0) is 50.4 Å². The van der Waals surface area contributed by atoms with Crippen molar-refractivity contribution in [2.75, 3.05) is 13.2 Å². The van der Waals surface area contributed by atoms with Crippen molar-refractivity contribution < 1.29 is 42.9 Å². The maximum atomic E-state index is 13.8. The van der Waals surface area contributed by atoms with E-state index in [1.807, 2.05) is 18.6 Å². The van der Waals surface area contributed by atoms with Crippen molar-refractivity contribution in [2.24, 2.45) is 17.8 Å². The van der Waals surface area contributed by atoms with Gasteiger partial charge in [-0.2, -0.15) is 0 Å². The molecule has 3 rings (SSSR count). The molecule has 0 radical (unpaired) electrons. The zero-order valence-corrected chi connectivity index (χ0v) is 25.1. The summed E-state index contributed by atoms with van der Waals surface area (Å²) in [5.74, 6) is -3.20. The number of β-amino-alcohol motifs (C(OH)–C–C–N with tert-alkyl or cyclic N) is 1. The molecule has 4 amide bonds. The summed E-state index contributed by atoms with van der Waals surface area (Å²) >= 11 is 0. The molecule has 2 saturated carbocycles. The number of carbonyl (C=O) groups is 4. The van der Waals surface area contributed by atoms with E-state index in [1.165, 1.54) is 6.08 Å². The number of rotatable bonds is 16. The quantitative estimate of drug-likeness (QED) is 0.135. The predicted octanol–water partition coefficient (Wildman–Crippen LogP) is 0.635. The fraction of sp³-hybridized carbons (Fsp3) is 0.714. The molecule has 1 unspecified atom stereocenters. The van der Waals surface area contributed by atoms with Crippen LogP contribution in [0.15, 0.2) is 25.3 Å². The molecule has 236 valence electrons. The summed E-state index contributed by atoms with van der Waals surface area (Å²) in [4.78, 5) is 53.4. The molecule has 42 heavy (non-hydrogen) atoms. The molecule has 2 aliphatic carbocycles. The summed E-state index contributed by atoms with van der Waals surface area (Å²) in [7, 11) is -4.22. The smallest absolute Gasteiger partial charge is 0.405 e. The molecule has 1 aliphatic heterocycles. The highest BCUT2D eigenvalue weighted by atomic mass is 32.2. The van der Waals surface area contributed by atoms with Gasteiger partial charge < -0.3 is 30.9 Å². The Morgan fingerprint density at radius 2 is 1.86 bits per heavy atom. The van der Waals surface area contributed by atoms with Gasteiger partial charge in [0.15, 0.2) is 0 Å². The van der Waals surface area contributed by atoms with E-state index in [1.54, 1.807) is 6.08 Å². The first-order chi connectivity index (χ1) is 19.7. The number of amides is 4. The number of nitrogens with one attached hydrogen (secondary N) is 3. The van der Waals surface area contributed by atoms with Crippen LogP contribution in [-0.2, 0) is 24.4 Å². The average molecular weight is 613 g/mol. The van der Waals surface area contributed by atoms with Gasteiger partial charge in [0.25, 0.3) is 5.91 Å². The van der Waals surface area contributed by atoms with Crippen molar-refractivity contribution in [3.63, 3.8) is 0 Å². The topological polar surface area (TPSA) is 202 Å². The van der Waals surface area contributed by atoms with Gasteiger partial charge in [0.05, 0.1) is 12.7 Å². The van der Waals surface area contributed by atoms with E-state index in [4.69, 9.17) is 0 Å². The molecule has 7 atom stereocenters. The SMILES string of the molecule is C=CCCC(C)C[C@@H](CC)[C@H](NC(=O)O)C(=O)N1C[C@H](O)C[C@H]1C(=O)N[C@]1(C(=O)NS(=O)(=O)C2(CO)CC2)C[C@H]1C=C. The van der Waals surface area contributed by atoms with E-state index in [-0.39, 0.29) is 44.1 Å². The highest BCUT2D eigenvalue weighted by Gasteiger charge is 2.63. The average Bonchev–Trinajstić information content (AvgIpc) is 3.84. The number of allylic oxidation sites excluding steroid dienone is 1. The summed E-state index contributed by atoms with van der Waals surface area (Å²) < 4.78 is 26.1. The first-order valence-electron chi connectivity index (χ1n) is 14.4. The molecular weight excluding hydrogens is 568 g/mol. The van der Waals surface area contributed by atoms with E-state index in [2.05, 4.69) is 23.8 Å². The first-order valence-corrected chi connectivity index (χ1v) is 15.9. The van der Waals surface area contributed by atoms with E-state index < -0.39 is 74.8 Å². The fourth-order valence-corrected chi connectivity index (χ4v) is 7.34. The van der Waals surface area contributed by atoms with Gasteiger partial charge >= 0.3 is 6.09 Å². The Labute approximate surface area is 246 Å². The van der Waals surface area contributed by atoms with Crippen molar-refractivity contribution in [1.29, 1.82) is 0 Å². The normalized spacial score (nSPS) is 28.1. The number of nitrogens with zero attached hydrogens (tertiary/aromatic N) is 1. The third-order valence-corrected chi connectivity index (χ3v) is 11.0. The zero-order valence-electron chi connectivity index (χ0n) is 24.3. The molecule has 0 aromatic carbocycles. The Kier molecular flexibility index (Phi) is 10.5. The third kappa shape index (κ3) is 6.97. The van der Waals surface area contributed by atoms with E-state index in [0.29, 0.717) is 12.8 Å². The number of sulfonamides is 1. The molecule has 1 heterocycles. The Morgan fingerprint density at radius 1 is 1.19 bits per heavy atom. The van der Waals surface area contributed by atoms with Crippen molar-refractivity contribution in [3.05, 3.63) is 25.3 Å². The van der Waals surface area contributed by atoms with Crippen LogP contribution >= 0.6 is 0 Å². The Morgan fingerprint density at radius 3 is 2.36 bits per heavy atom. The fourth-order valence-electron chi connectivity index (χ4n) is 5.88. The number of carboxylic acid groups (broad SMARTS) is 1. The van der Waals surface area contributed by atoms with Crippen LogP contribution in [0.5, 0.6) is 0 Å². The summed E-state index contributed by atoms with van der Waals surface area (Å²) in [5, 5.41) is 34.4. The van der Waals surface area contributed by atoms with Crippen LogP contribution in [0.25, 0.3) is 0 Å². The van der Waals surface area contributed by atoms with Crippen LogP contribution in [0, 0.1) is 17.8 Å². The number of aliphatic hydroxyl groups excluding tert-OH is 2. The minimum Gasteiger partial charge on any atom is -0.465 e. The molecule has 0 bridgehead atoms.